The molecule has 2 nitrogen and oxygen atoms in total. The lowest BCUT2D eigenvalue weighted by atomic mass is 10.4. The Bertz CT molecular complexity index is 206. The van der Waals surface area contributed by atoms with Gasteiger partial charge in [0.05, 0.1) is 15.5 Å². The molecule has 0 saturated carbocycles. The van der Waals surface area contributed by atoms with E-state index in [1.54, 1.807) is 6.92 Å². The largest absolute Gasteiger partial charge is 0.204 e. The molecule has 0 saturated heterocycles. The topological polar surface area (TPSA) is 25.8 Å². The van der Waals surface area contributed by atoms with Crippen LogP contribution in [0.1, 0.15) is 5.69 Å². The Morgan fingerprint density at radius 3 is 2.78 bits per heavy atom. The lowest BCUT2D eigenvalue weighted by molar-refractivity contribution is 0.603. The van der Waals surface area contributed by atoms with Crippen LogP contribution in [0.15, 0.2) is 6.20 Å². The van der Waals surface area contributed by atoms with Crippen LogP contribution in [-0.2, 0) is 0 Å². The van der Waals surface area contributed by atoms with E-state index < -0.39 is 0 Å². The summed E-state index contributed by atoms with van der Waals surface area (Å²) in [5.41, 5.74) is 0.635. The van der Waals surface area contributed by atoms with Crippen molar-refractivity contribution in [3.63, 3.8) is 0 Å². The molecule has 1 aromatic rings. The van der Waals surface area contributed by atoms with Gasteiger partial charge in [0.25, 0.3) is 0 Å². The normalized spacial score (nSPS) is 9.67. The molecule has 0 spiro atoms. The predicted molar refractivity (Wildman–Crippen MR) is 39.4 cm³/mol. The lowest BCUT2D eigenvalue weighted by Crippen LogP contribution is -1.92. The highest BCUT2D eigenvalue weighted by atomic mass is 127. The molecule has 0 atom stereocenters. The second-order valence-electron chi connectivity index (χ2n) is 1.59. The predicted octanol–water partition coefficient (Wildman–Crippen LogP) is 1.53. The summed E-state index contributed by atoms with van der Waals surface area (Å²) in [6, 6.07) is 0. The van der Waals surface area contributed by atoms with Crippen LogP contribution in [-0.4, -0.2) is 10.2 Å². The summed E-state index contributed by atoms with van der Waals surface area (Å²) in [5, 5.41) is 7.06. The van der Waals surface area contributed by atoms with Crippen LogP contribution in [0.5, 0.6) is 0 Å². The van der Waals surface area contributed by atoms with Crippen molar-refractivity contribution in [2.45, 2.75) is 6.92 Å². The van der Waals surface area contributed by atoms with Crippen molar-refractivity contribution < 1.29 is 4.39 Å². The third-order valence-electron chi connectivity index (χ3n) is 0.906. The first kappa shape index (κ1) is 6.85. The molecule has 1 aromatic heterocycles. The molecule has 1 rings (SSSR count). The van der Waals surface area contributed by atoms with E-state index in [1.165, 1.54) is 0 Å². The Morgan fingerprint density at radius 1 is 1.67 bits per heavy atom. The Morgan fingerprint density at radius 2 is 2.33 bits per heavy atom. The van der Waals surface area contributed by atoms with Crippen LogP contribution in [0.4, 0.5) is 4.39 Å². The smallest absolute Gasteiger partial charge is 0.158 e. The van der Waals surface area contributed by atoms with Gasteiger partial charge in [-0.2, -0.15) is 10.2 Å². The van der Waals surface area contributed by atoms with Gasteiger partial charge in [-0.1, -0.05) is 0 Å². The summed E-state index contributed by atoms with van der Waals surface area (Å²) in [4.78, 5) is 0. The van der Waals surface area contributed by atoms with Gasteiger partial charge in [-0.05, 0) is 29.5 Å². The third-order valence-corrected chi connectivity index (χ3v) is 2.20. The first-order chi connectivity index (χ1) is 4.22. The molecule has 0 bridgehead atoms. The van der Waals surface area contributed by atoms with Crippen molar-refractivity contribution in [3.05, 3.63) is 21.3 Å². The van der Waals surface area contributed by atoms with Gasteiger partial charge in [-0.25, -0.2) is 4.39 Å². The van der Waals surface area contributed by atoms with Crippen LogP contribution in [0.25, 0.3) is 0 Å². The van der Waals surface area contributed by atoms with Crippen molar-refractivity contribution in [2.24, 2.45) is 0 Å². The number of nitrogens with zero attached hydrogens (tertiary/aromatic N) is 2. The molecular formula is C5H4FIN2. The van der Waals surface area contributed by atoms with Crippen LogP contribution < -0.4 is 0 Å². The molecule has 0 N–H and O–H groups in total. The minimum absolute atomic E-state index is 0.303. The van der Waals surface area contributed by atoms with Gasteiger partial charge in [0.1, 0.15) is 0 Å². The SMILES string of the molecule is Cc1nncc(F)c1I. The fourth-order valence-corrected chi connectivity index (χ4v) is 0.687. The quantitative estimate of drug-likeness (QED) is 0.640. The van der Waals surface area contributed by atoms with Gasteiger partial charge in [-0.3, -0.25) is 0 Å². The number of hydrogen-bond acceptors (Lipinski definition) is 2. The van der Waals surface area contributed by atoms with E-state index >= 15 is 0 Å². The van der Waals surface area contributed by atoms with Gasteiger partial charge in [-0.15, -0.1) is 0 Å². The zero-order valence-corrected chi connectivity index (χ0v) is 6.89. The number of aryl methyl sites for hydroxylation is 1. The Hall–Kier alpha value is -0.260. The molecule has 0 aliphatic rings. The van der Waals surface area contributed by atoms with Crippen molar-refractivity contribution >= 4 is 22.6 Å². The standard InChI is InChI=1S/C5H4FIN2/c1-3-5(7)4(6)2-8-9-3/h2H,1H3. The van der Waals surface area contributed by atoms with E-state index in [-0.39, 0.29) is 5.82 Å². The summed E-state index contributed by atoms with van der Waals surface area (Å²) in [6.45, 7) is 1.72. The molecule has 0 aliphatic heterocycles. The van der Waals surface area contributed by atoms with E-state index in [2.05, 4.69) is 10.2 Å². The molecular weight excluding hydrogens is 234 g/mol. The van der Waals surface area contributed by atoms with E-state index in [0.717, 1.165) is 6.20 Å². The summed E-state index contributed by atoms with van der Waals surface area (Å²) >= 11 is 1.89. The van der Waals surface area contributed by atoms with Crippen molar-refractivity contribution in [1.82, 2.24) is 10.2 Å². The Balaban J connectivity index is 3.25. The maximum absolute atomic E-state index is 12.5. The van der Waals surface area contributed by atoms with E-state index in [1.807, 2.05) is 22.6 Å². The van der Waals surface area contributed by atoms with Crippen molar-refractivity contribution in [1.29, 1.82) is 0 Å². The zero-order valence-electron chi connectivity index (χ0n) is 4.73. The monoisotopic (exact) mass is 238 g/mol. The third kappa shape index (κ3) is 1.35. The molecule has 0 unspecified atom stereocenters. The van der Waals surface area contributed by atoms with Crippen LogP contribution >= 0.6 is 22.6 Å². The van der Waals surface area contributed by atoms with Crippen LogP contribution in [0.2, 0.25) is 0 Å². The summed E-state index contributed by atoms with van der Waals surface area (Å²) in [5.74, 6) is -0.303. The first-order valence-corrected chi connectivity index (χ1v) is 3.43. The molecule has 0 amide bonds. The molecule has 4 heteroatoms. The van der Waals surface area contributed by atoms with E-state index in [4.69, 9.17) is 0 Å². The highest BCUT2D eigenvalue weighted by molar-refractivity contribution is 14.1. The summed E-state index contributed by atoms with van der Waals surface area (Å²) in [6.07, 6.45) is 1.11. The Kier molecular flexibility index (Phi) is 1.94. The van der Waals surface area contributed by atoms with Gasteiger partial charge in [0, 0.05) is 0 Å². The maximum atomic E-state index is 12.5. The van der Waals surface area contributed by atoms with Gasteiger partial charge < -0.3 is 0 Å². The maximum Gasteiger partial charge on any atom is 0.158 e. The minimum atomic E-state index is -0.303. The average Bonchev–Trinajstić information content (AvgIpc) is 1.83. The molecule has 0 aliphatic carbocycles. The minimum Gasteiger partial charge on any atom is -0.204 e. The fourth-order valence-electron chi connectivity index (χ4n) is 0.440. The van der Waals surface area contributed by atoms with Crippen LogP contribution in [0.3, 0.4) is 0 Å². The highest BCUT2D eigenvalue weighted by Gasteiger charge is 2.00. The molecule has 0 fully saturated rings. The van der Waals surface area contributed by atoms with E-state index in [0.29, 0.717) is 9.26 Å². The zero-order chi connectivity index (χ0) is 6.85. The molecule has 48 valence electrons. The second-order valence-corrected chi connectivity index (χ2v) is 2.67. The highest BCUT2D eigenvalue weighted by Crippen LogP contribution is 2.10. The number of halogens is 2. The number of rotatable bonds is 0. The molecule has 1 heterocycles. The lowest BCUT2D eigenvalue weighted by Gasteiger charge is -1.93. The number of hydrogen-bond donors (Lipinski definition) is 0. The van der Waals surface area contributed by atoms with Gasteiger partial charge >= 0.3 is 0 Å². The second kappa shape index (κ2) is 2.55. The van der Waals surface area contributed by atoms with Crippen molar-refractivity contribution in [3.8, 4) is 0 Å². The molecule has 9 heavy (non-hydrogen) atoms. The van der Waals surface area contributed by atoms with Gasteiger partial charge in [0.15, 0.2) is 5.82 Å². The van der Waals surface area contributed by atoms with Gasteiger partial charge in [0.2, 0.25) is 0 Å². The number of aromatic nitrogens is 2. The van der Waals surface area contributed by atoms with Crippen molar-refractivity contribution in [2.75, 3.05) is 0 Å². The van der Waals surface area contributed by atoms with Crippen LogP contribution in [0, 0.1) is 16.3 Å². The Labute approximate surface area is 65.6 Å². The first-order valence-electron chi connectivity index (χ1n) is 2.35. The summed E-state index contributed by atoms with van der Waals surface area (Å²) < 4.78 is 13.0. The fraction of sp³-hybridized carbons (Fsp3) is 0.200. The van der Waals surface area contributed by atoms with E-state index in [9.17, 15) is 4.39 Å². The molecule has 0 radical (unpaired) electrons. The average molecular weight is 238 g/mol. The summed E-state index contributed by atoms with van der Waals surface area (Å²) in [7, 11) is 0. The molecule has 0 aromatic carbocycles.